The summed E-state index contributed by atoms with van der Waals surface area (Å²) in [5.41, 5.74) is 7.48. The molecule has 0 spiro atoms. The van der Waals surface area contributed by atoms with Gasteiger partial charge in [0.15, 0.2) is 0 Å². The maximum absolute atomic E-state index is 9.06. The van der Waals surface area contributed by atoms with Gasteiger partial charge in [0.2, 0.25) is 0 Å². The third kappa shape index (κ3) is 3.94. The van der Waals surface area contributed by atoms with Crippen LogP contribution in [-0.2, 0) is 0 Å². The number of benzene rings is 1. The lowest BCUT2D eigenvalue weighted by Gasteiger charge is -2.24. The predicted molar refractivity (Wildman–Crippen MR) is 79.6 cm³/mol. The fourth-order valence-corrected chi connectivity index (χ4v) is 2.42. The zero-order valence-electron chi connectivity index (χ0n) is 9.82. The van der Waals surface area contributed by atoms with E-state index in [0.717, 1.165) is 28.7 Å². The quantitative estimate of drug-likeness (QED) is 0.791. The average Bonchev–Trinajstić information content (AvgIpc) is 2.28. The van der Waals surface area contributed by atoms with E-state index in [-0.39, 0.29) is 6.61 Å². The first-order valence-corrected chi connectivity index (χ1v) is 6.75. The van der Waals surface area contributed by atoms with E-state index in [4.69, 9.17) is 23.1 Å². The number of nitrogens with zero attached hydrogens (tertiary/aromatic N) is 1. The van der Waals surface area contributed by atoms with Gasteiger partial charge in [-0.1, -0.05) is 19.1 Å². The Morgan fingerprint density at radius 1 is 1.47 bits per heavy atom. The molecule has 0 fully saturated rings. The van der Waals surface area contributed by atoms with Crippen LogP contribution in [0, 0.1) is 0 Å². The normalized spacial score (nSPS) is 10.3. The molecular formula is C12H17BrN2OS. The number of nitrogens with two attached hydrogens (primary N) is 1. The number of halogens is 1. The van der Waals surface area contributed by atoms with Crippen LogP contribution < -0.4 is 10.6 Å². The average molecular weight is 317 g/mol. The maximum Gasteiger partial charge on any atom is 0.104 e. The molecular weight excluding hydrogens is 300 g/mol. The fourth-order valence-electron chi connectivity index (χ4n) is 1.66. The third-order valence-electron chi connectivity index (χ3n) is 2.44. The Labute approximate surface area is 116 Å². The van der Waals surface area contributed by atoms with Gasteiger partial charge in [-0.2, -0.15) is 0 Å². The van der Waals surface area contributed by atoms with Crippen LogP contribution in [0.4, 0.5) is 5.69 Å². The number of thiocarbonyl (C=S) groups is 1. The summed E-state index contributed by atoms with van der Waals surface area (Å²) in [6.07, 6.45) is 1.03. The molecule has 0 aromatic heterocycles. The van der Waals surface area contributed by atoms with Gasteiger partial charge in [-0.15, -0.1) is 0 Å². The fraction of sp³-hybridized carbons (Fsp3) is 0.417. The van der Waals surface area contributed by atoms with Gasteiger partial charge in [0.1, 0.15) is 4.99 Å². The van der Waals surface area contributed by atoms with Crippen LogP contribution in [0.1, 0.15) is 18.9 Å². The maximum atomic E-state index is 9.06. The molecule has 0 saturated heterocycles. The lowest BCUT2D eigenvalue weighted by atomic mass is 10.2. The molecule has 0 aliphatic rings. The van der Waals surface area contributed by atoms with Crippen molar-refractivity contribution in [3.05, 3.63) is 28.2 Å². The number of rotatable bonds is 6. The van der Waals surface area contributed by atoms with E-state index in [9.17, 15) is 0 Å². The van der Waals surface area contributed by atoms with Gasteiger partial charge < -0.3 is 15.7 Å². The van der Waals surface area contributed by atoms with E-state index in [1.807, 2.05) is 18.2 Å². The highest BCUT2D eigenvalue weighted by Gasteiger charge is 2.10. The number of aliphatic hydroxyl groups is 1. The van der Waals surface area contributed by atoms with Crippen molar-refractivity contribution >= 4 is 38.8 Å². The molecule has 1 aromatic carbocycles. The number of anilines is 1. The largest absolute Gasteiger partial charge is 0.395 e. The van der Waals surface area contributed by atoms with Crippen LogP contribution >= 0.6 is 28.1 Å². The molecule has 0 aliphatic carbocycles. The summed E-state index contributed by atoms with van der Waals surface area (Å²) in [5.74, 6) is 0. The van der Waals surface area contributed by atoms with E-state index < -0.39 is 0 Å². The number of hydrogen-bond donors (Lipinski definition) is 2. The van der Waals surface area contributed by atoms with Crippen LogP contribution in [0.3, 0.4) is 0 Å². The Kier molecular flexibility index (Phi) is 5.88. The van der Waals surface area contributed by atoms with Crippen molar-refractivity contribution < 1.29 is 5.11 Å². The molecule has 0 amide bonds. The van der Waals surface area contributed by atoms with Crippen LogP contribution in [0.15, 0.2) is 22.7 Å². The second-order valence-corrected chi connectivity index (χ2v) is 5.04. The molecule has 17 heavy (non-hydrogen) atoms. The second kappa shape index (κ2) is 6.93. The van der Waals surface area contributed by atoms with E-state index in [2.05, 4.69) is 27.8 Å². The lowest BCUT2D eigenvalue weighted by molar-refractivity contribution is 0.302. The van der Waals surface area contributed by atoms with Crippen molar-refractivity contribution in [1.82, 2.24) is 0 Å². The van der Waals surface area contributed by atoms with Crippen LogP contribution in [0.25, 0.3) is 0 Å². The standard InChI is InChI=1S/C12H17BrN2OS/c1-2-5-15(6-7-16)11-4-3-9(12(14)17)8-10(11)13/h3-4,8,16H,2,5-7H2,1H3,(H2,14,17). The Balaban J connectivity index is 2.99. The van der Waals surface area contributed by atoms with Crippen LogP contribution in [-0.4, -0.2) is 29.8 Å². The zero-order valence-corrected chi connectivity index (χ0v) is 12.2. The summed E-state index contributed by atoms with van der Waals surface area (Å²) in [7, 11) is 0. The third-order valence-corrected chi connectivity index (χ3v) is 3.31. The molecule has 0 aliphatic heterocycles. The molecule has 0 atom stereocenters. The molecule has 1 rings (SSSR count). The first kappa shape index (κ1) is 14.4. The smallest absolute Gasteiger partial charge is 0.104 e. The summed E-state index contributed by atoms with van der Waals surface area (Å²) < 4.78 is 0.949. The van der Waals surface area contributed by atoms with Gasteiger partial charge in [0, 0.05) is 23.1 Å². The SMILES string of the molecule is CCCN(CCO)c1ccc(C(N)=S)cc1Br. The van der Waals surface area contributed by atoms with Gasteiger partial charge in [-0.3, -0.25) is 0 Å². The monoisotopic (exact) mass is 316 g/mol. The summed E-state index contributed by atoms with van der Waals surface area (Å²) in [5, 5.41) is 9.06. The van der Waals surface area contributed by atoms with Gasteiger partial charge in [-0.25, -0.2) is 0 Å². The van der Waals surface area contributed by atoms with Crippen molar-refractivity contribution in [3.8, 4) is 0 Å². The minimum Gasteiger partial charge on any atom is -0.395 e. The Hall–Kier alpha value is -0.650. The lowest BCUT2D eigenvalue weighted by Crippen LogP contribution is -2.27. The molecule has 5 heteroatoms. The minimum absolute atomic E-state index is 0.142. The highest BCUT2D eigenvalue weighted by Crippen LogP contribution is 2.27. The van der Waals surface area contributed by atoms with Gasteiger partial charge in [0.05, 0.1) is 12.3 Å². The topological polar surface area (TPSA) is 49.5 Å². The molecule has 0 saturated carbocycles. The van der Waals surface area contributed by atoms with Gasteiger partial charge in [-0.05, 0) is 40.5 Å². The van der Waals surface area contributed by atoms with Crippen molar-refractivity contribution in [1.29, 1.82) is 0 Å². The minimum atomic E-state index is 0.142. The van der Waals surface area contributed by atoms with Crippen molar-refractivity contribution in [2.45, 2.75) is 13.3 Å². The summed E-state index contributed by atoms with van der Waals surface area (Å²) in [6, 6.07) is 5.80. The first-order chi connectivity index (χ1) is 8.10. The summed E-state index contributed by atoms with van der Waals surface area (Å²) in [4.78, 5) is 2.52. The van der Waals surface area contributed by atoms with E-state index in [0.29, 0.717) is 11.5 Å². The molecule has 0 heterocycles. The van der Waals surface area contributed by atoms with E-state index in [1.54, 1.807) is 0 Å². The molecule has 3 N–H and O–H groups in total. The summed E-state index contributed by atoms with van der Waals surface area (Å²) in [6.45, 7) is 3.79. The van der Waals surface area contributed by atoms with Crippen LogP contribution in [0.2, 0.25) is 0 Å². The Morgan fingerprint density at radius 3 is 2.65 bits per heavy atom. The molecule has 0 radical (unpaired) electrons. The zero-order chi connectivity index (χ0) is 12.8. The highest BCUT2D eigenvalue weighted by atomic mass is 79.9. The Bertz CT molecular complexity index is 392. The molecule has 94 valence electrons. The first-order valence-electron chi connectivity index (χ1n) is 5.55. The molecule has 0 bridgehead atoms. The molecule has 1 aromatic rings. The Morgan fingerprint density at radius 2 is 2.18 bits per heavy atom. The second-order valence-electron chi connectivity index (χ2n) is 3.74. The van der Waals surface area contributed by atoms with Gasteiger partial charge >= 0.3 is 0 Å². The highest BCUT2D eigenvalue weighted by molar-refractivity contribution is 9.10. The van der Waals surface area contributed by atoms with Crippen LogP contribution in [0.5, 0.6) is 0 Å². The van der Waals surface area contributed by atoms with Crippen molar-refractivity contribution in [3.63, 3.8) is 0 Å². The molecule has 3 nitrogen and oxygen atoms in total. The number of hydrogen-bond acceptors (Lipinski definition) is 3. The van der Waals surface area contributed by atoms with Gasteiger partial charge in [0.25, 0.3) is 0 Å². The predicted octanol–water partition coefficient (Wildman–Crippen LogP) is 2.29. The van der Waals surface area contributed by atoms with E-state index >= 15 is 0 Å². The number of aliphatic hydroxyl groups excluding tert-OH is 1. The van der Waals surface area contributed by atoms with Crippen molar-refractivity contribution in [2.24, 2.45) is 5.73 Å². The molecule has 0 unspecified atom stereocenters. The summed E-state index contributed by atoms with van der Waals surface area (Å²) >= 11 is 8.45. The van der Waals surface area contributed by atoms with E-state index in [1.165, 1.54) is 0 Å². The van der Waals surface area contributed by atoms with Crippen molar-refractivity contribution in [2.75, 3.05) is 24.6 Å².